The van der Waals surface area contributed by atoms with Crippen LogP contribution in [0.4, 0.5) is 0 Å². The van der Waals surface area contributed by atoms with Gasteiger partial charge in [-0.15, -0.1) is 11.3 Å². The topological polar surface area (TPSA) is 49.9 Å². The van der Waals surface area contributed by atoms with E-state index in [1.54, 1.807) is 11.3 Å². The second-order valence-corrected chi connectivity index (χ2v) is 9.42. The average Bonchev–Trinajstić information content (AvgIpc) is 3.47. The minimum Gasteiger partial charge on any atom is -0.376 e. The van der Waals surface area contributed by atoms with Crippen molar-refractivity contribution in [2.75, 3.05) is 26.2 Å². The molecule has 2 unspecified atom stereocenters. The van der Waals surface area contributed by atoms with E-state index in [0.717, 1.165) is 37.9 Å². The van der Waals surface area contributed by atoms with Crippen LogP contribution in [-0.2, 0) is 16.1 Å². The molecule has 6 heteroatoms. The Bertz CT molecular complexity index is 844. The maximum Gasteiger partial charge on any atom is 0.253 e. The highest BCUT2D eigenvalue weighted by Gasteiger charge is 2.33. The highest BCUT2D eigenvalue weighted by Crippen LogP contribution is 2.24. The van der Waals surface area contributed by atoms with Gasteiger partial charge in [0.15, 0.2) is 0 Å². The summed E-state index contributed by atoms with van der Waals surface area (Å²) in [5.74, 6) is 0.0336. The van der Waals surface area contributed by atoms with Gasteiger partial charge in [0, 0.05) is 36.7 Å². The van der Waals surface area contributed by atoms with Crippen molar-refractivity contribution in [3.8, 4) is 0 Å². The molecule has 0 saturated carbocycles. The van der Waals surface area contributed by atoms with Gasteiger partial charge >= 0.3 is 0 Å². The standard InChI is InChI=1S/C24H30N2O3S/c1-18-8-10-19(11-9-18)23(27)25-12-2-5-20(15-25)24(28)26(16-21-6-3-13-29-21)17-22-7-4-14-30-22/h4,7-11,14,20-21H,2-3,5-6,12-13,15-17H2,1H3. The lowest BCUT2D eigenvalue weighted by Crippen LogP contribution is -2.48. The number of amides is 2. The van der Waals surface area contributed by atoms with Crippen molar-refractivity contribution in [1.82, 2.24) is 9.80 Å². The van der Waals surface area contributed by atoms with E-state index >= 15 is 0 Å². The lowest BCUT2D eigenvalue weighted by Gasteiger charge is -2.35. The number of carbonyl (C=O) groups excluding carboxylic acids is 2. The third kappa shape index (κ3) is 5.10. The van der Waals surface area contributed by atoms with Crippen molar-refractivity contribution >= 4 is 23.2 Å². The third-order valence-electron chi connectivity index (χ3n) is 6.04. The van der Waals surface area contributed by atoms with Gasteiger partial charge in [-0.05, 0) is 56.2 Å². The van der Waals surface area contributed by atoms with Crippen LogP contribution in [0.2, 0.25) is 0 Å². The van der Waals surface area contributed by atoms with Gasteiger partial charge in [-0.2, -0.15) is 0 Å². The Kier molecular flexibility index (Phi) is 6.85. The summed E-state index contributed by atoms with van der Waals surface area (Å²) in [6.07, 6.45) is 3.90. The van der Waals surface area contributed by atoms with Gasteiger partial charge in [0.2, 0.25) is 5.91 Å². The smallest absolute Gasteiger partial charge is 0.253 e. The minimum atomic E-state index is -0.144. The van der Waals surface area contributed by atoms with E-state index in [2.05, 4.69) is 6.07 Å². The molecule has 3 heterocycles. The fraction of sp³-hybridized carbons (Fsp3) is 0.500. The predicted octanol–water partition coefficient (Wildman–Crippen LogP) is 4.12. The number of hydrogen-bond donors (Lipinski definition) is 0. The molecule has 2 atom stereocenters. The first-order valence-corrected chi connectivity index (χ1v) is 11.8. The molecule has 2 aliphatic heterocycles. The molecule has 0 radical (unpaired) electrons. The zero-order valence-corrected chi connectivity index (χ0v) is 18.4. The van der Waals surface area contributed by atoms with E-state index in [4.69, 9.17) is 4.74 Å². The predicted molar refractivity (Wildman–Crippen MR) is 119 cm³/mol. The van der Waals surface area contributed by atoms with Crippen molar-refractivity contribution in [2.24, 2.45) is 5.92 Å². The van der Waals surface area contributed by atoms with E-state index in [1.165, 1.54) is 4.88 Å². The molecule has 2 fully saturated rings. The Morgan fingerprint density at radius 3 is 2.70 bits per heavy atom. The summed E-state index contributed by atoms with van der Waals surface area (Å²) in [5, 5.41) is 2.05. The summed E-state index contributed by atoms with van der Waals surface area (Å²) >= 11 is 1.68. The number of nitrogens with zero attached hydrogens (tertiary/aromatic N) is 2. The molecule has 0 aliphatic carbocycles. The summed E-state index contributed by atoms with van der Waals surface area (Å²) in [4.78, 5) is 31.5. The van der Waals surface area contributed by atoms with Gasteiger partial charge in [0.25, 0.3) is 5.91 Å². The second kappa shape index (κ2) is 9.75. The first-order valence-electron chi connectivity index (χ1n) is 10.9. The van der Waals surface area contributed by atoms with E-state index in [1.807, 2.05) is 52.4 Å². The van der Waals surface area contributed by atoms with Crippen molar-refractivity contribution in [3.63, 3.8) is 0 Å². The Hall–Kier alpha value is -2.18. The van der Waals surface area contributed by atoms with Gasteiger partial charge in [0.05, 0.1) is 18.6 Å². The molecule has 2 aromatic rings. The summed E-state index contributed by atoms with van der Waals surface area (Å²) in [6, 6.07) is 11.8. The third-order valence-corrected chi connectivity index (χ3v) is 6.90. The monoisotopic (exact) mass is 426 g/mol. The molecule has 2 amide bonds. The molecule has 2 aliphatic rings. The van der Waals surface area contributed by atoms with Crippen LogP contribution in [0.25, 0.3) is 0 Å². The largest absolute Gasteiger partial charge is 0.376 e. The molecule has 1 aromatic heterocycles. The molecule has 0 bridgehead atoms. The Balaban J connectivity index is 1.44. The maximum atomic E-state index is 13.5. The Labute approximate surface area is 182 Å². The summed E-state index contributed by atoms with van der Waals surface area (Å²) in [6.45, 7) is 5.27. The van der Waals surface area contributed by atoms with Crippen LogP contribution in [0.5, 0.6) is 0 Å². The first-order chi connectivity index (χ1) is 14.6. The van der Waals surface area contributed by atoms with Gasteiger partial charge in [-0.1, -0.05) is 23.8 Å². The summed E-state index contributed by atoms with van der Waals surface area (Å²) < 4.78 is 5.81. The zero-order chi connectivity index (χ0) is 20.9. The number of rotatable bonds is 6. The van der Waals surface area contributed by atoms with Crippen LogP contribution < -0.4 is 0 Å². The SMILES string of the molecule is Cc1ccc(C(=O)N2CCCC(C(=O)N(Cc3cccs3)CC3CCCO3)C2)cc1. The van der Waals surface area contributed by atoms with Gasteiger partial charge < -0.3 is 14.5 Å². The van der Waals surface area contributed by atoms with E-state index < -0.39 is 0 Å². The average molecular weight is 427 g/mol. The fourth-order valence-electron chi connectivity index (χ4n) is 4.36. The van der Waals surface area contributed by atoms with Crippen LogP contribution in [0.3, 0.4) is 0 Å². The number of aryl methyl sites for hydroxylation is 1. The second-order valence-electron chi connectivity index (χ2n) is 8.39. The number of ether oxygens (including phenoxy) is 1. The molecule has 5 nitrogen and oxygen atoms in total. The molecular weight excluding hydrogens is 396 g/mol. The fourth-order valence-corrected chi connectivity index (χ4v) is 5.08. The van der Waals surface area contributed by atoms with Crippen LogP contribution in [-0.4, -0.2) is 54.0 Å². The van der Waals surface area contributed by atoms with Crippen LogP contribution in [0.15, 0.2) is 41.8 Å². The molecule has 160 valence electrons. The molecule has 30 heavy (non-hydrogen) atoms. The van der Waals surface area contributed by atoms with Gasteiger partial charge in [-0.3, -0.25) is 9.59 Å². The maximum absolute atomic E-state index is 13.5. The lowest BCUT2D eigenvalue weighted by atomic mass is 9.95. The molecule has 0 N–H and O–H groups in total. The summed E-state index contributed by atoms with van der Waals surface area (Å²) in [5.41, 5.74) is 1.83. The molecular formula is C24H30N2O3S. The number of carbonyl (C=O) groups is 2. The number of piperidine rings is 1. The first kappa shape index (κ1) is 21.1. The number of likely N-dealkylation sites (tertiary alicyclic amines) is 1. The molecule has 4 rings (SSSR count). The molecule has 2 saturated heterocycles. The molecule has 1 aromatic carbocycles. The van der Waals surface area contributed by atoms with Crippen molar-refractivity contribution < 1.29 is 14.3 Å². The van der Waals surface area contributed by atoms with E-state index in [-0.39, 0.29) is 23.8 Å². The number of benzene rings is 1. The summed E-state index contributed by atoms with van der Waals surface area (Å²) in [7, 11) is 0. The lowest BCUT2D eigenvalue weighted by molar-refractivity contribution is -0.139. The highest BCUT2D eigenvalue weighted by atomic mass is 32.1. The normalized spacial score (nSPS) is 21.6. The number of thiophene rings is 1. The van der Waals surface area contributed by atoms with E-state index in [0.29, 0.717) is 31.7 Å². The van der Waals surface area contributed by atoms with Crippen molar-refractivity contribution in [2.45, 2.75) is 45.3 Å². The quantitative estimate of drug-likeness (QED) is 0.698. The molecule has 0 spiro atoms. The minimum absolute atomic E-state index is 0.0245. The number of hydrogen-bond acceptors (Lipinski definition) is 4. The van der Waals surface area contributed by atoms with Crippen molar-refractivity contribution in [3.05, 3.63) is 57.8 Å². The Morgan fingerprint density at radius 1 is 1.17 bits per heavy atom. The van der Waals surface area contributed by atoms with Gasteiger partial charge in [-0.25, -0.2) is 0 Å². The van der Waals surface area contributed by atoms with Crippen LogP contribution in [0.1, 0.15) is 46.5 Å². The van der Waals surface area contributed by atoms with Crippen molar-refractivity contribution in [1.29, 1.82) is 0 Å². The van der Waals surface area contributed by atoms with Gasteiger partial charge in [0.1, 0.15) is 0 Å². The van der Waals surface area contributed by atoms with Crippen LogP contribution >= 0.6 is 11.3 Å². The van der Waals surface area contributed by atoms with E-state index in [9.17, 15) is 9.59 Å². The van der Waals surface area contributed by atoms with Crippen LogP contribution in [0, 0.1) is 12.8 Å². The highest BCUT2D eigenvalue weighted by molar-refractivity contribution is 7.09. The zero-order valence-electron chi connectivity index (χ0n) is 17.6. The Morgan fingerprint density at radius 2 is 2.00 bits per heavy atom.